The molecule has 5 unspecified atom stereocenters. The highest BCUT2D eigenvalue weighted by Gasteiger charge is 2.56. The van der Waals surface area contributed by atoms with Gasteiger partial charge in [0.05, 0.1) is 18.1 Å². The van der Waals surface area contributed by atoms with Crippen LogP contribution in [0.15, 0.2) is 27.5 Å². The second kappa shape index (κ2) is 11.3. The van der Waals surface area contributed by atoms with Crippen molar-refractivity contribution in [3.8, 4) is 0 Å². The van der Waals surface area contributed by atoms with Gasteiger partial charge in [0.25, 0.3) is 16.0 Å². The van der Waals surface area contributed by atoms with Crippen LogP contribution in [0.2, 0.25) is 0 Å². The number of anilines is 1. The summed E-state index contributed by atoms with van der Waals surface area (Å²) in [5, 5.41) is 7.31. The van der Waals surface area contributed by atoms with Crippen LogP contribution in [0.4, 0.5) is 10.8 Å². The summed E-state index contributed by atoms with van der Waals surface area (Å²) < 4.78 is 49.0. The van der Waals surface area contributed by atoms with Gasteiger partial charge >= 0.3 is 6.09 Å². The number of alkyl carbamates (subject to hydrolysis) is 1. The lowest BCUT2D eigenvalue weighted by atomic mass is 9.98. The zero-order valence-corrected chi connectivity index (χ0v) is 22.8. The summed E-state index contributed by atoms with van der Waals surface area (Å²) in [6, 6.07) is 4.89. The number of amides is 1. The Hall–Kier alpha value is -2.45. The van der Waals surface area contributed by atoms with Gasteiger partial charge in [-0.2, -0.15) is 4.98 Å². The number of aromatic nitrogens is 1. The van der Waals surface area contributed by atoms with E-state index < -0.39 is 16.1 Å². The van der Waals surface area contributed by atoms with Crippen molar-refractivity contribution < 1.29 is 31.8 Å². The van der Waals surface area contributed by atoms with Crippen molar-refractivity contribution in [2.45, 2.75) is 50.4 Å². The predicted octanol–water partition coefficient (Wildman–Crippen LogP) is 2.53. The van der Waals surface area contributed by atoms with E-state index in [0.717, 1.165) is 12.8 Å². The summed E-state index contributed by atoms with van der Waals surface area (Å²) in [5.41, 5.74) is 0.947. The molecule has 13 heteroatoms. The number of benzene rings is 1. The maximum Gasteiger partial charge on any atom is 0.407 e. The van der Waals surface area contributed by atoms with Crippen LogP contribution in [0, 0.1) is 23.7 Å². The van der Waals surface area contributed by atoms with Gasteiger partial charge in [-0.1, -0.05) is 13.8 Å². The highest BCUT2D eigenvalue weighted by Crippen LogP contribution is 2.49. The fourth-order valence-corrected chi connectivity index (χ4v) is 6.64. The first-order chi connectivity index (χ1) is 18.2. The van der Waals surface area contributed by atoms with E-state index in [-0.39, 0.29) is 29.1 Å². The van der Waals surface area contributed by atoms with Crippen molar-refractivity contribution >= 4 is 33.2 Å². The quantitative estimate of drug-likeness (QED) is 0.266. The zero-order chi connectivity index (χ0) is 26.9. The Balaban J connectivity index is 1.13. The van der Waals surface area contributed by atoms with E-state index >= 15 is 0 Å². The average Bonchev–Trinajstić information content (AvgIpc) is 3.56. The summed E-state index contributed by atoms with van der Waals surface area (Å²) in [7, 11) is -2.16. The van der Waals surface area contributed by atoms with Crippen LogP contribution < -0.4 is 15.5 Å². The fraction of sp³-hybridized carbons (Fsp3) is 0.680. The monoisotopic (exact) mass is 551 g/mol. The molecule has 2 bridgehead atoms. The Morgan fingerprint density at radius 2 is 2.03 bits per heavy atom. The van der Waals surface area contributed by atoms with Crippen molar-refractivity contribution in [2.24, 2.45) is 23.7 Å². The van der Waals surface area contributed by atoms with Gasteiger partial charge in [0, 0.05) is 44.4 Å². The third-order valence-corrected chi connectivity index (χ3v) is 8.89. The largest absolute Gasteiger partial charge is 0.445 e. The summed E-state index contributed by atoms with van der Waals surface area (Å²) in [4.78, 5) is 19.5. The Kier molecular flexibility index (Phi) is 8.10. The first-order valence-electron chi connectivity index (χ1n) is 13.3. The van der Waals surface area contributed by atoms with Gasteiger partial charge in [-0.25, -0.2) is 18.2 Å². The molecule has 1 amide bonds. The molecule has 0 radical (unpaired) electrons. The molecule has 210 valence electrons. The molecule has 2 saturated heterocycles. The molecule has 38 heavy (non-hydrogen) atoms. The topological polar surface area (TPSA) is 144 Å². The number of hydrogen-bond donors (Lipinski definition) is 3. The number of oxazole rings is 1. The number of nitrogens with one attached hydrogen (secondary N) is 3. The third-order valence-electron chi connectivity index (χ3n) is 7.51. The lowest BCUT2D eigenvalue weighted by molar-refractivity contribution is -0.169. The smallest absolute Gasteiger partial charge is 0.407 e. The number of hydrazine groups is 1. The van der Waals surface area contributed by atoms with Crippen molar-refractivity contribution in [1.29, 1.82) is 0 Å². The molecule has 1 aromatic heterocycles. The first kappa shape index (κ1) is 27.1. The van der Waals surface area contributed by atoms with E-state index in [2.05, 4.69) is 34.3 Å². The Morgan fingerprint density at radius 1 is 1.21 bits per heavy atom. The molecule has 0 spiro atoms. The molecule has 3 aliphatic rings. The minimum Gasteiger partial charge on any atom is -0.445 e. The van der Waals surface area contributed by atoms with Crippen molar-refractivity contribution in [2.75, 3.05) is 45.2 Å². The summed E-state index contributed by atoms with van der Waals surface area (Å²) >= 11 is 0. The lowest BCUT2D eigenvalue weighted by Gasteiger charge is -2.27. The molecule has 3 fully saturated rings. The van der Waals surface area contributed by atoms with Gasteiger partial charge in [0.15, 0.2) is 11.9 Å². The predicted molar refractivity (Wildman–Crippen MR) is 139 cm³/mol. The van der Waals surface area contributed by atoms with Crippen LogP contribution in [0.1, 0.15) is 33.1 Å². The van der Waals surface area contributed by atoms with Gasteiger partial charge in [-0.15, -0.1) is 4.83 Å². The maximum atomic E-state index is 13.2. The van der Waals surface area contributed by atoms with Gasteiger partial charge in [0.2, 0.25) is 0 Å². The lowest BCUT2D eigenvalue weighted by Crippen LogP contribution is -2.44. The first-order valence-corrected chi connectivity index (χ1v) is 14.7. The number of sulfonamides is 1. The molecule has 5 atom stereocenters. The third kappa shape index (κ3) is 5.91. The maximum absolute atomic E-state index is 13.2. The van der Waals surface area contributed by atoms with E-state index in [1.54, 1.807) is 18.1 Å². The molecular formula is C25H37N5O7S. The second-order valence-electron chi connectivity index (χ2n) is 10.7. The Labute approximate surface area is 222 Å². The molecule has 5 rings (SSSR count). The second-order valence-corrected chi connectivity index (χ2v) is 12.3. The standard InChI is InChI=1S/C25H37N5O7S/c1-15(2)7-10-30(29-38(32,33)17-5-6-21-20(12-17)28-24(26-3)36-21)9-4-8-27-25(31)37-22-16-11-18-19(22)14-35-23(18)34-13-16/h5-6,12,15-16,18-19,22-23,29H,4,7-11,13-14H2,1-3H3,(H,26,28)(H,27,31). The molecule has 1 saturated carbocycles. The fourth-order valence-electron chi connectivity index (χ4n) is 5.50. The highest BCUT2D eigenvalue weighted by atomic mass is 32.2. The normalized spacial score (nSPS) is 26.4. The molecule has 12 nitrogen and oxygen atoms in total. The van der Waals surface area contributed by atoms with Crippen molar-refractivity contribution in [1.82, 2.24) is 20.1 Å². The molecular weight excluding hydrogens is 514 g/mol. The zero-order valence-electron chi connectivity index (χ0n) is 22.0. The van der Waals surface area contributed by atoms with Gasteiger partial charge in [-0.3, -0.25) is 0 Å². The SMILES string of the molecule is CNc1nc2cc(S(=O)(=O)NN(CCCNC(=O)OC3C4COC5OCC3C5C4)CCC(C)C)ccc2o1. The van der Waals surface area contributed by atoms with Crippen molar-refractivity contribution in [3.63, 3.8) is 0 Å². The van der Waals surface area contributed by atoms with E-state index in [9.17, 15) is 13.2 Å². The van der Waals surface area contributed by atoms with Crippen LogP contribution in [-0.4, -0.2) is 76.8 Å². The highest BCUT2D eigenvalue weighted by molar-refractivity contribution is 7.89. The average molecular weight is 552 g/mol. The van der Waals surface area contributed by atoms with E-state index in [1.165, 1.54) is 12.1 Å². The molecule has 2 aliphatic heterocycles. The number of carbonyl (C=O) groups is 1. The van der Waals surface area contributed by atoms with E-state index in [1.807, 2.05) is 0 Å². The number of carbonyl (C=O) groups excluding carboxylic acids is 1. The van der Waals surface area contributed by atoms with Crippen LogP contribution in [0.5, 0.6) is 0 Å². The number of rotatable bonds is 12. The number of fused-ring (bicyclic) bond motifs is 2. The summed E-state index contributed by atoms with van der Waals surface area (Å²) in [5.74, 6) is 1.12. The molecule has 3 heterocycles. The van der Waals surface area contributed by atoms with Crippen LogP contribution >= 0.6 is 0 Å². The minimum absolute atomic E-state index is 0.0982. The molecule has 1 aliphatic carbocycles. The number of ether oxygens (including phenoxy) is 3. The van der Waals surface area contributed by atoms with Gasteiger partial charge in [0.1, 0.15) is 11.6 Å². The Bertz CT molecular complexity index is 1240. The van der Waals surface area contributed by atoms with Crippen LogP contribution in [-0.2, 0) is 24.2 Å². The molecule has 1 aromatic carbocycles. The van der Waals surface area contributed by atoms with E-state index in [4.69, 9.17) is 18.6 Å². The summed E-state index contributed by atoms with van der Waals surface area (Å²) in [6.07, 6.45) is 1.52. The molecule has 3 N–H and O–H groups in total. The Morgan fingerprint density at radius 3 is 2.82 bits per heavy atom. The van der Waals surface area contributed by atoms with Crippen molar-refractivity contribution in [3.05, 3.63) is 18.2 Å². The minimum atomic E-state index is -3.84. The summed E-state index contributed by atoms with van der Waals surface area (Å²) in [6.45, 7) is 6.60. The number of hydrogen-bond acceptors (Lipinski definition) is 10. The molecule has 2 aromatic rings. The van der Waals surface area contributed by atoms with Gasteiger partial charge in [-0.05, 0) is 43.4 Å². The van der Waals surface area contributed by atoms with E-state index in [0.29, 0.717) is 68.2 Å². The van der Waals surface area contributed by atoms with Gasteiger partial charge < -0.3 is 29.3 Å². The number of nitrogens with zero attached hydrogens (tertiary/aromatic N) is 2. The van der Waals surface area contributed by atoms with Crippen LogP contribution in [0.25, 0.3) is 11.1 Å². The van der Waals surface area contributed by atoms with Crippen LogP contribution in [0.3, 0.4) is 0 Å².